The van der Waals surface area contributed by atoms with Gasteiger partial charge in [-0.3, -0.25) is 4.98 Å². The number of aromatic nitrogens is 3. The zero-order valence-corrected chi connectivity index (χ0v) is 22.4. The summed E-state index contributed by atoms with van der Waals surface area (Å²) in [4.78, 5) is 21.8. The molecule has 2 fully saturated rings. The van der Waals surface area contributed by atoms with Crippen molar-refractivity contribution in [2.75, 3.05) is 56.2 Å². The van der Waals surface area contributed by atoms with Gasteiger partial charge < -0.3 is 24.8 Å². The van der Waals surface area contributed by atoms with Gasteiger partial charge >= 0.3 is 6.01 Å². The van der Waals surface area contributed by atoms with Crippen molar-refractivity contribution >= 4 is 22.3 Å². The summed E-state index contributed by atoms with van der Waals surface area (Å²) in [5.41, 5.74) is 4.44. The Morgan fingerprint density at radius 1 is 1.16 bits per heavy atom. The van der Waals surface area contributed by atoms with Crippen LogP contribution >= 0.6 is 0 Å². The molecule has 1 N–H and O–H groups in total. The molecule has 3 aromatic rings. The molecule has 2 aromatic heterocycles. The Kier molecular flexibility index (Phi) is 7.00. The van der Waals surface area contributed by atoms with Crippen LogP contribution in [0.25, 0.3) is 10.8 Å². The smallest absolute Gasteiger partial charge is 0.318 e. The Morgan fingerprint density at radius 3 is 2.89 bits per heavy atom. The van der Waals surface area contributed by atoms with Crippen LogP contribution in [0, 0.1) is 18.3 Å². The molecule has 1 aromatic carbocycles. The molecule has 0 amide bonds. The molecule has 0 aliphatic carbocycles. The Balaban J connectivity index is 1.34. The normalized spacial score (nSPS) is 21.9. The fourth-order valence-electron chi connectivity index (χ4n) is 6.18. The van der Waals surface area contributed by atoms with Gasteiger partial charge in [-0.05, 0) is 39.8 Å². The number of fused-ring (bicyclic) bond motifs is 2. The summed E-state index contributed by atoms with van der Waals surface area (Å²) in [5, 5.41) is 15.1. The van der Waals surface area contributed by atoms with E-state index in [2.05, 4.69) is 64.3 Å². The van der Waals surface area contributed by atoms with Gasteiger partial charge in [-0.1, -0.05) is 24.3 Å². The molecule has 38 heavy (non-hydrogen) atoms. The first-order chi connectivity index (χ1) is 18.6. The van der Waals surface area contributed by atoms with Gasteiger partial charge in [0.1, 0.15) is 12.4 Å². The van der Waals surface area contributed by atoms with Crippen LogP contribution in [0.2, 0.25) is 0 Å². The Bertz CT molecular complexity index is 1350. The van der Waals surface area contributed by atoms with E-state index in [1.807, 2.05) is 6.20 Å². The quantitative estimate of drug-likeness (QED) is 0.535. The number of anilines is 2. The van der Waals surface area contributed by atoms with Crippen molar-refractivity contribution in [3.05, 3.63) is 47.4 Å². The maximum Gasteiger partial charge on any atom is 0.318 e. The van der Waals surface area contributed by atoms with Crippen molar-refractivity contribution in [2.45, 2.75) is 51.2 Å². The van der Waals surface area contributed by atoms with E-state index in [9.17, 15) is 5.26 Å². The van der Waals surface area contributed by atoms with Crippen LogP contribution in [-0.4, -0.2) is 78.3 Å². The van der Waals surface area contributed by atoms with E-state index in [0.29, 0.717) is 31.6 Å². The molecule has 6 rings (SSSR count). The molecule has 0 bridgehead atoms. The zero-order valence-electron chi connectivity index (χ0n) is 22.4. The van der Waals surface area contributed by atoms with E-state index in [4.69, 9.17) is 19.7 Å². The molecule has 3 aliphatic rings. The van der Waals surface area contributed by atoms with Crippen molar-refractivity contribution in [1.29, 1.82) is 5.26 Å². The number of aryl methyl sites for hydroxylation is 1. The highest BCUT2D eigenvalue weighted by Gasteiger charge is 2.30. The third-order valence-corrected chi connectivity index (χ3v) is 8.26. The third kappa shape index (κ3) is 4.86. The SMILES string of the molecule is Cc1ncc2ccccc2c1N1CCc2c(nc(OC[C@@H]3CCCN3C)nc2N2CCNC(CC#N)C2)C1. The maximum absolute atomic E-state index is 9.27. The first-order valence-corrected chi connectivity index (χ1v) is 13.8. The number of nitrogens with one attached hydrogen (secondary N) is 1. The number of nitriles is 1. The molecule has 2 saturated heterocycles. The first kappa shape index (κ1) is 24.8. The largest absolute Gasteiger partial charge is 0.462 e. The van der Waals surface area contributed by atoms with E-state index < -0.39 is 0 Å². The topological polar surface area (TPSA) is 93.4 Å². The number of nitrogens with zero attached hydrogens (tertiary/aromatic N) is 7. The van der Waals surface area contributed by atoms with Crippen LogP contribution in [0.4, 0.5) is 11.5 Å². The van der Waals surface area contributed by atoms with Crippen molar-refractivity contribution in [2.24, 2.45) is 0 Å². The van der Waals surface area contributed by atoms with Crippen LogP contribution in [0.15, 0.2) is 30.5 Å². The summed E-state index contributed by atoms with van der Waals surface area (Å²) in [7, 11) is 2.16. The number of hydrogen-bond acceptors (Lipinski definition) is 9. The van der Waals surface area contributed by atoms with E-state index in [1.165, 1.54) is 23.1 Å². The van der Waals surface area contributed by atoms with E-state index in [-0.39, 0.29) is 6.04 Å². The van der Waals surface area contributed by atoms with Gasteiger partial charge in [-0.25, -0.2) is 0 Å². The summed E-state index contributed by atoms with van der Waals surface area (Å²) in [6, 6.07) is 11.8. The average molecular weight is 513 g/mol. The summed E-state index contributed by atoms with van der Waals surface area (Å²) in [6.07, 6.45) is 5.65. The van der Waals surface area contributed by atoms with Crippen LogP contribution < -0.4 is 19.9 Å². The van der Waals surface area contributed by atoms with Gasteiger partial charge in [-0.2, -0.15) is 15.2 Å². The second-order valence-electron chi connectivity index (χ2n) is 10.8. The van der Waals surface area contributed by atoms with Gasteiger partial charge in [0, 0.05) is 60.8 Å². The summed E-state index contributed by atoms with van der Waals surface area (Å²) < 4.78 is 6.28. The van der Waals surface area contributed by atoms with Crippen molar-refractivity contribution in [1.82, 2.24) is 25.2 Å². The molecule has 1 unspecified atom stereocenters. The second-order valence-corrected chi connectivity index (χ2v) is 10.8. The van der Waals surface area contributed by atoms with Crippen molar-refractivity contribution < 1.29 is 4.74 Å². The van der Waals surface area contributed by atoms with Crippen LogP contribution in [-0.2, 0) is 13.0 Å². The first-order valence-electron chi connectivity index (χ1n) is 13.8. The lowest BCUT2D eigenvalue weighted by Crippen LogP contribution is -2.51. The minimum absolute atomic E-state index is 0.139. The summed E-state index contributed by atoms with van der Waals surface area (Å²) in [6.45, 7) is 7.81. The predicted molar refractivity (Wildman–Crippen MR) is 149 cm³/mol. The van der Waals surface area contributed by atoms with Crippen LogP contribution in [0.5, 0.6) is 6.01 Å². The number of rotatable bonds is 6. The molecule has 2 atom stereocenters. The highest BCUT2D eigenvalue weighted by atomic mass is 16.5. The van der Waals surface area contributed by atoms with E-state index in [1.54, 1.807) is 0 Å². The molecule has 3 aliphatic heterocycles. The predicted octanol–water partition coefficient (Wildman–Crippen LogP) is 3.06. The average Bonchev–Trinajstić information content (AvgIpc) is 3.36. The monoisotopic (exact) mass is 512 g/mol. The van der Waals surface area contributed by atoms with Gasteiger partial charge in [0.2, 0.25) is 0 Å². The highest BCUT2D eigenvalue weighted by molar-refractivity contribution is 5.94. The number of ether oxygens (including phenoxy) is 1. The number of benzene rings is 1. The van der Waals surface area contributed by atoms with Gasteiger partial charge in [-0.15, -0.1) is 0 Å². The maximum atomic E-state index is 9.27. The summed E-state index contributed by atoms with van der Waals surface area (Å²) >= 11 is 0. The standard InChI is InChI=1S/C29H36N8O/c1-20-27(24-8-4-3-6-21(24)16-32-20)36-14-10-25-26(18-36)33-29(38-19-23-7-5-13-35(23)2)34-28(25)37-15-12-31-22(17-37)9-11-30/h3-4,6,8,16,22-23,31H,5,7,9-10,12-15,17-19H2,1-2H3/t22?,23-/m0/s1. The zero-order chi connectivity index (χ0) is 26.1. The number of piperazine rings is 1. The fraction of sp³-hybridized carbons (Fsp3) is 0.517. The molecule has 9 heteroatoms. The Hall–Kier alpha value is -3.48. The van der Waals surface area contributed by atoms with E-state index >= 15 is 0 Å². The second kappa shape index (κ2) is 10.7. The molecule has 0 saturated carbocycles. The minimum Gasteiger partial charge on any atom is -0.462 e. The number of pyridine rings is 1. The Morgan fingerprint density at radius 2 is 2.05 bits per heavy atom. The molecule has 5 heterocycles. The number of likely N-dealkylation sites (tertiary alicyclic amines) is 1. The van der Waals surface area contributed by atoms with Gasteiger partial charge in [0.05, 0.1) is 36.1 Å². The van der Waals surface area contributed by atoms with Gasteiger partial charge in [0.25, 0.3) is 0 Å². The highest BCUT2D eigenvalue weighted by Crippen LogP contribution is 2.35. The van der Waals surface area contributed by atoms with E-state index in [0.717, 1.165) is 68.2 Å². The molecule has 0 spiro atoms. The Labute approximate surface area is 224 Å². The molecule has 9 nitrogen and oxygen atoms in total. The summed E-state index contributed by atoms with van der Waals surface area (Å²) in [5.74, 6) is 0.974. The lowest BCUT2D eigenvalue weighted by molar-refractivity contribution is 0.187. The van der Waals surface area contributed by atoms with Crippen LogP contribution in [0.1, 0.15) is 36.2 Å². The van der Waals surface area contributed by atoms with Gasteiger partial charge in [0.15, 0.2) is 0 Å². The number of likely N-dealkylation sites (N-methyl/N-ethyl adjacent to an activating group) is 1. The van der Waals surface area contributed by atoms with Crippen molar-refractivity contribution in [3.8, 4) is 12.1 Å². The minimum atomic E-state index is 0.139. The molecular formula is C29H36N8O. The fourth-order valence-corrected chi connectivity index (χ4v) is 6.18. The number of hydrogen-bond donors (Lipinski definition) is 1. The lowest BCUT2D eigenvalue weighted by Gasteiger charge is -2.37. The molecule has 198 valence electrons. The third-order valence-electron chi connectivity index (χ3n) is 8.26. The molecule has 0 radical (unpaired) electrons. The lowest BCUT2D eigenvalue weighted by atomic mass is 10.0. The molecular weight excluding hydrogens is 476 g/mol. The van der Waals surface area contributed by atoms with Crippen molar-refractivity contribution in [3.63, 3.8) is 0 Å². The van der Waals surface area contributed by atoms with Crippen LogP contribution in [0.3, 0.4) is 0 Å².